The van der Waals surface area contributed by atoms with Crippen LogP contribution in [0.25, 0.3) is 5.76 Å². The van der Waals surface area contributed by atoms with Crippen LogP contribution in [-0.4, -0.2) is 21.8 Å². The third-order valence-corrected chi connectivity index (χ3v) is 5.07. The second kappa shape index (κ2) is 7.36. The average molecular weight is 384 g/mol. The van der Waals surface area contributed by atoms with Gasteiger partial charge in [0.1, 0.15) is 11.8 Å². The highest BCUT2D eigenvalue weighted by Crippen LogP contribution is 2.42. The van der Waals surface area contributed by atoms with E-state index in [0.717, 1.165) is 11.1 Å². The Kier molecular flexibility index (Phi) is 4.72. The number of anilines is 1. The van der Waals surface area contributed by atoms with Gasteiger partial charge < -0.3 is 5.11 Å². The van der Waals surface area contributed by atoms with Gasteiger partial charge in [-0.05, 0) is 37.6 Å². The molecule has 5 heteroatoms. The van der Waals surface area contributed by atoms with Crippen molar-refractivity contribution < 1.29 is 14.7 Å². The molecule has 0 spiro atoms. The Morgan fingerprint density at radius 2 is 1.69 bits per heavy atom. The third kappa shape index (κ3) is 3.21. The van der Waals surface area contributed by atoms with Crippen molar-refractivity contribution in [3.8, 4) is 0 Å². The van der Waals surface area contributed by atoms with Crippen molar-refractivity contribution >= 4 is 23.1 Å². The van der Waals surface area contributed by atoms with E-state index in [-0.39, 0.29) is 11.3 Å². The van der Waals surface area contributed by atoms with Gasteiger partial charge in [0.15, 0.2) is 0 Å². The maximum absolute atomic E-state index is 13.1. The molecule has 5 nitrogen and oxygen atoms in total. The molecule has 1 unspecified atom stereocenters. The van der Waals surface area contributed by atoms with E-state index in [9.17, 15) is 14.7 Å². The molecule has 3 aromatic rings. The van der Waals surface area contributed by atoms with Crippen molar-refractivity contribution in [2.75, 3.05) is 4.90 Å². The van der Waals surface area contributed by atoms with Gasteiger partial charge >= 0.3 is 0 Å². The van der Waals surface area contributed by atoms with Gasteiger partial charge in [-0.1, -0.05) is 54.1 Å². The van der Waals surface area contributed by atoms with Crippen LogP contribution in [-0.2, 0) is 9.59 Å². The molecule has 1 atom stereocenters. The van der Waals surface area contributed by atoms with Crippen LogP contribution in [0.3, 0.4) is 0 Å². The summed E-state index contributed by atoms with van der Waals surface area (Å²) < 4.78 is 0. The Labute approximate surface area is 169 Å². The highest BCUT2D eigenvalue weighted by molar-refractivity contribution is 6.51. The van der Waals surface area contributed by atoms with Crippen molar-refractivity contribution in [3.63, 3.8) is 0 Å². The molecule has 0 aliphatic carbocycles. The second-order valence-corrected chi connectivity index (χ2v) is 7.08. The van der Waals surface area contributed by atoms with Crippen LogP contribution in [0.2, 0.25) is 0 Å². The lowest BCUT2D eigenvalue weighted by atomic mass is 9.98. The topological polar surface area (TPSA) is 70.5 Å². The number of Topliss-reactive ketones (excluding diaryl/α,β-unsaturated/α-hetero) is 1. The lowest BCUT2D eigenvalue weighted by Crippen LogP contribution is -2.30. The number of aliphatic hydroxyl groups is 1. The van der Waals surface area contributed by atoms with Crippen LogP contribution in [0.5, 0.6) is 0 Å². The number of aromatic nitrogens is 1. The standard InChI is InChI=1S/C24H20N2O3/c1-15-11-12-19(16(2)14-15)26-21(18-10-6-7-13-25-18)20(23(28)24(26)29)22(27)17-8-4-3-5-9-17/h3-14,21,27H,1-2H3/b22-20+. The van der Waals surface area contributed by atoms with Crippen LogP contribution in [0.4, 0.5) is 5.69 Å². The number of ketones is 1. The van der Waals surface area contributed by atoms with Gasteiger partial charge in [0.05, 0.1) is 11.3 Å². The summed E-state index contributed by atoms with van der Waals surface area (Å²) in [4.78, 5) is 31.9. The number of aliphatic hydroxyl groups excluding tert-OH is 1. The van der Waals surface area contributed by atoms with E-state index in [1.54, 1.807) is 48.7 Å². The van der Waals surface area contributed by atoms with Crippen LogP contribution >= 0.6 is 0 Å². The SMILES string of the molecule is Cc1ccc(N2C(=O)C(=O)/C(=C(/O)c3ccccc3)C2c2ccccn2)c(C)c1. The van der Waals surface area contributed by atoms with E-state index in [1.165, 1.54) is 4.90 Å². The van der Waals surface area contributed by atoms with Gasteiger partial charge in [0, 0.05) is 17.4 Å². The number of rotatable bonds is 3. The summed E-state index contributed by atoms with van der Waals surface area (Å²) in [7, 11) is 0. The first kappa shape index (κ1) is 18.6. The molecule has 1 saturated heterocycles. The zero-order chi connectivity index (χ0) is 20.5. The summed E-state index contributed by atoms with van der Waals surface area (Å²) in [5, 5.41) is 11.0. The molecule has 144 valence electrons. The largest absolute Gasteiger partial charge is 0.507 e. The maximum atomic E-state index is 13.1. The first-order valence-electron chi connectivity index (χ1n) is 9.33. The molecule has 0 saturated carbocycles. The summed E-state index contributed by atoms with van der Waals surface area (Å²) in [5.74, 6) is -1.60. The first-order valence-corrected chi connectivity index (χ1v) is 9.33. The molecular formula is C24H20N2O3. The Hall–Kier alpha value is -3.73. The van der Waals surface area contributed by atoms with Gasteiger partial charge in [-0.15, -0.1) is 0 Å². The molecule has 1 fully saturated rings. The third-order valence-electron chi connectivity index (χ3n) is 5.07. The normalized spacial score (nSPS) is 18.3. The highest BCUT2D eigenvalue weighted by atomic mass is 16.3. The van der Waals surface area contributed by atoms with E-state index in [2.05, 4.69) is 4.98 Å². The van der Waals surface area contributed by atoms with Gasteiger partial charge in [0.25, 0.3) is 11.7 Å². The number of amides is 1. The lowest BCUT2D eigenvalue weighted by molar-refractivity contribution is -0.132. The molecule has 4 rings (SSSR count). The summed E-state index contributed by atoms with van der Waals surface area (Å²) >= 11 is 0. The van der Waals surface area contributed by atoms with E-state index in [0.29, 0.717) is 16.9 Å². The molecule has 1 N–H and O–H groups in total. The fourth-order valence-corrected chi connectivity index (χ4v) is 3.73. The number of hydrogen-bond acceptors (Lipinski definition) is 4. The zero-order valence-electron chi connectivity index (χ0n) is 16.2. The van der Waals surface area contributed by atoms with Gasteiger partial charge in [-0.3, -0.25) is 19.5 Å². The zero-order valence-corrected chi connectivity index (χ0v) is 16.2. The second-order valence-electron chi connectivity index (χ2n) is 7.08. The molecular weight excluding hydrogens is 364 g/mol. The molecule has 2 heterocycles. The molecule has 1 aromatic heterocycles. The fraction of sp³-hybridized carbons (Fsp3) is 0.125. The van der Waals surface area contributed by atoms with Crippen LogP contribution in [0.15, 0.2) is 78.5 Å². The van der Waals surface area contributed by atoms with Gasteiger partial charge in [-0.2, -0.15) is 0 Å². The van der Waals surface area contributed by atoms with Gasteiger partial charge in [-0.25, -0.2) is 0 Å². The van der Waals surface area contributed by atoms with Crippen LogP contribution < -0.4 is 4.90 Å². The van der Waals surface area contributed by atoms with E-state index in [1.807, 2.05) is 38.1 Å². The summed E-state index contributed by atoms with van der Waals surface area (Å²) in [5.41, 5.74) is 3.59. The Morgan fingerprint density at radius 3 is 2.34 bits per heavy atom. The van der Waals surface area contributed by atoms with Crippen molar-refractivity contribution in [2.45, 2.75) is 19.9 Å². The number of hydrogen-bond donors (Lipinski definition) is 1. The smallest absolute Gasteiger partial charge is 0.300 e. The Balaban J connectivity index is 1.97. The Morgan fingerprint density at radius 1 is 0.966 bits per heavy atom. The Bertz CT molecular complexity index is 1120. The molecule has 1 amide bonds. The monoisotopic (exact) mass is 384 g/mol. The average Bonchev–Trinajstić information content (AvgIpc) is 3.00. The van der Waals surface area contributed by atoms with Crippen molar-refractivity contribution in [1.29, 1.82) is 0 Å². The van der Waals surface area contributed by atoms with Crippen molar-refractivity contribution in [2.24, 2.45) is 0 Å². The van der Waals surface area contributed by atoms with Crippen molar-refractivity contribution in [3.05, 3.63) is 101 Å². The molecule has 29 heavy (non-hydrogen) atoms. The summed E-state index contributed by atoms with van der Waals surface area (Å²) in [6.45, 7) is 3.87. The maximum Gasteiger partial charge on any atom is 0.300 e. The number of pyridine rings is 1. The first-order chi connectivity index (χ1) is 14.0. The molecule has 0 bridgehead atoms. The van der Waals surface area contributed by atoms with E-state index < -0.39 is 17.7 Å². The fourth-order valence-electron chi connectivity index (χ4n) is 3.73. The summed E-state index contributed by atoms with van der Waals surface area (Å²) in [6, 6.07) is 19.0. The van der Waals surface area contributed by atoms with Crippen molar-refractivity contribution in [1.82, 2.24) is 4.98 Å². The lowest BCUT2D eigenvalue weighted by Gasteiger charge is -2.26. The number of benzene rings is 2. The van der Waals surface area contributed by atoms with Gasteiger partial charge in [0.2, 0.25) is 0 Å². The molecule has 1 aliphatic rings. The minimum atomic E-state index is -0.808. The number of aryl methyl sites for hydroxylation is 2. The van der Waals surface area contributed by atoms with E-state index >= 15 is 0 Å². The minimum Gasteiger partial charge on any atom is -0.507 e. The predicted molar refractivity (Wildman–Crippen MR) is 111 cm³/mol. The quantitative estimate of drug-likeness (QED) is 0.415. The summed E-state index contributed by atoms with van der Waals surface area (Å²) in [6.07, 6.45) is 1.61. The number of nitrogens with zero attached hydrogens (tertiary/aromatic N) is 2. The molecule has 0 radical (unpaired) electrons. The van der Waals surface area contributed by atoms with E-state index in [4.69, 9.17) is 0 Å². The highest BCUT2D eigenvalue weighted by Gasteiger charge is 2.47. The predicted octanol–water partition coefficient (Wildman–Crippen LogP) is 4.32. The number of carbonyl (C=O) groups excluding carboxylic acids is 2. The molecule has 1 aliphatic heterocycles. The molecule has 2 aromatic carbocycles. The minimum absolute atomic E-state index is 0.0416. The van der Waals surface area contributed by atoms with Crippen LogP contribution in [0, 0.1) is 13.8 Å². The number of carbonyl (C=O) groups is 2. The van der Waals surface area contributed by atoms with Crippen LogP contribution in [0.1, 0.15) is 28.4 Å².